The molecule has 0 aliphatic rings. The number of aromatic hydroxyl groups is 1. The Balaban J connectivity index is 1.97. The number of benzene rings is 2. The molecule has 0 aliphatic heterocycles. The summed E-state index contributed by atoms with van der Waals surface area (Å²) < 4.78 is 3.79. The topological polar surface area (TPSA) is 50.9 Å². The van der Waals surface area contributed by atoms with Gasteiger partial charge in [0.25, 0.3) is 0 Å². The Labute approximate surface area is 149 Å². The molecule has 0 saturated carbocycles. The third-order valence-corrected chi connectivity index (χ3v) is 5.24. The van der Waals surface area contributed by atoms with Gasteiger partial charge in [0, 0.05) is 9.99 Å². The van der Waals surface area contributed by atoms with Gasteiger partial charge in [-0.1, -0.05) is 35.5 Å². The molecule has 6 heteroatoms. The van der Waals surface area contributed by atoms with E-state index in [1.54, 1.807) is 16.8 Å². The van der Waals surface area contributed by atoms with E-state index < -0.39 is 0 Å². The smallest absolute Gasteiger partial charge is 0.141 e. The minimum Gasteiger partial charge on any atom is -0.506 e. The average Bonchev–Trinajstić information content (AvgIpc) is 2.83. The molecule has 21 heavy (non-hydrogen) atoms. The van der Waals surface area contributed by atoms with Crippen LogP contribution in [0.2, 0.25) is 0 Å². The second-order valence-corrected chi connectivity index (χ2v) is 6.68. The number of hydrogen-bond donors (Lipinski definition) is 1. The highest BCUT2D eigenvalue weighted by atomic mass is 127. The van der Waals surface area contributed by atoms with Gasteiger partial charge in [0.05, 0.1) is 0 Å². The van der Waals surface area contributed by atoms with Crippen molar-refractivity contribution in [2.45, 2.75) is 6.42 Å². The van der Waals surface area contributed by atoms with Crippen molar-refractivity contribution in [3.05, 3.63) is 67.1 Å². The molecule has 106 valence electrons. The molecule has 0 aliphatic carbocycles. The fraction of sp³-hybridized carbons (Fsp3) is 0.0667. The second kappa shape index (κ2) is 6.30. The zero-order valence-corrected chi connectivity index (χ0v) is 15.2. The molecule has 0 atom stereocenters. The zero-order chi connectivity index (χ0) is 14.8. The third-order valence-electron chi connectivity index (χ3n) is 3.10. The minimum atomic E-state index is 0.196. The van der Waals surface area contributed by atoms with E-state index >= 15 is 0 Å². The molecule has 1 aromatic heterocycles. The van der Waals surface area contributed by atoms with Crippen molar-refractivity contribution in [3.8, 4) is 11.4 Å². The molecule has 3 aromatic rings. The van der Waals surface area contributed by atoms with E-state index in [-0.39, 0.29) is 5.75 Å². The van der Waals surface area contributed by atoms with Crippen LogP contribution in [-0.4, -0.2) is 20.1 Å². The molecule has 0 unspecified atom stereocenters. The molecule has 0 radical (unpaired) electrons. The predicted molar refractivity (Wildman–Crippen MR) is 97.7 cm³/mol. The van der Waals surface area contributed by atoms with E-state index in [0.29, 0.717) is 5.69 Å². The number of halogens is 2. The number of hydrogen-bond acceptors (Lipinski definition) is 3. The molecule has 0 amide bonds. The fourth-order valence-corrected chi connectivity index (χ4v) is 3.26. The average molecular weight is 503 g/mol. The van der Waals surface area contributed by atoms with Gasteiger partial charge in [0.15, 0.2) is 0 Å². The molecule has 1 N–H and O–H groups in total. The molecule has 0 saturated heterocycles. The lowest BCUT2D eigenvalue weighted by molar-refractivity contribution is 0.469. The third kappa shape index (κ3) is 3.05. The van der Waals surface area contributed by atoms with Crippen LogP contribution in [0.1, 0.15) is 11.3 Å². The van der Waals surface area contributed by atoms with E-state index in [9.17, 15) is 5.11 Å². The van der Waals surface area contributed by atoms with E-state index in [2.05, 4.69) is 67.6 Å². The molecular weight excluding hydrogens is 492 g/mol. The van der Waals surface area contributed by atoms with Crippen molar-refractivity contribution in [3.63, 3.8) is 0 Å². The van der Waals surface area contributed by atoms with E-state index in [1.165, 1.54) is 9.13 Å². The summed E-state index contributed by atoms with van der Waals surface area (Å²) in [4.78, 5) is 0. The Morgan fingerprint density at radius 1 is 1.00 bits per heavy atom. The first-order valence-electron chi connectivity index (χ1n) is 6.28. The molecule has 0 fully saturated rings. The molecule has 0 bridgehead atoms. The quantitative estimate of drug-likeness (QED) is 0.555. The van der Waals surface area contributed by atoms with Crippen LogP contribution in [0.3, 0.4) is 0 Å². The van der Waals surface area contributed by atoms with Crippen LogP contribution in [0.4, 0.5) is 0 Å². The van der Waals surface area contributed by atoms with Crippen molar-refractivity contribution in [1.82, 2.24) is 15.0 Å². The fourth-order valence-electron chi connectivity index (χ4n) is 2.03. The van der Waals surface area contributed by atoms with Crippen molar-refractivity contribution in [1.29, 1.82) is 0 Å². The van der Waals surface area contributed by atoms with Crippen molar-refractivity contribution in [2.75, 3.05) is 0 Å². The summed E-state index contributed by atoms with van der Waals surface area (Å²) in [5, 5.41) is 18.4. The van der Waals surface area contributed by atoms with Crippen LogP contribution in [0.5, 0.6) is 5.75 Å². The lowest BCUT2D eigenvalue weighted by Crippen LogP contribution is -2.00. The molecule has 1 heterocycles. The summed E-state index contributed by atoms with van der Waals surface area (Å²) in [6.07, 6.45) is 0.727. The summed E-state index contributed by atoms with van der Waals surface area (Å²) in [6.45, 7) is 0. The number of aromatic nitrogens is 3. The van der Waals surface area contributed by atoms with E-state index in [1.807, 2.05) is 24.3 Å². The highest BCUT2D eigenvalue weighted by Gasteiger charge is 2.15. The number of phenols is 1. The highest BCUT2D eigenvalue weighted by Crippen LogP contribution is 2.25. The van der Waals surface area contributed by atoms with Crippen LogP contribution >= 0.6 is 45.2 Å². The maximum absolute atomic E-state index is 9.94. The Bertz CT molecular complexity index is 786. The Hall–Kier alpha value is -1.16. The first kappa shape index (κ1) is 14.8. The van der Waals surface area contributed by atoms with Crippen LogP contribution < -0.4 is 0 Å². The standard InChI is InChI=1S/C15H11I2N3O/c16-11-6-2-1-5-10(11)9-12-15(17)20(19-18-12)13-7-3-4-8-14(13)21/h1-8,21H,9H2. The number of nitrogens with zero attached hydrogens (tertiary/aromatic N) is 3. The summed E-state index contributed by atoms with van der Waals surface area (Å²) >= 11 is 4.54. The van der Waals surface area contributed by atoms with Gasteiger partial charge in [-0.15, -0.1) is 5.10 Å². The maximum atomic E-state index is 9.94. The van der Waals surface area contributed by atoms with Crippen molar-refractivity contribution >= 4 is 45.2 Å². The number of para-hydroxylation sites is 2. The van der Waals surface area contributed by atoms with Crippen LogP contribution in [-0.2, 0) is 6.42 Å². The summed E-state index contributed by atoms with van der Waals surface area (Å²) in [5.41, 5.74) is 2.77. The van der Waals surface area contributed by atoms with E-state index in [4.69, 9.17) is 0 Å². The van der Waals surface area contributed by atoms with Gasteiger partial charge >= 0.3 is 0 Å². The van der Waals surface area contributed by atoms with Gasteiger partial charge in [0.2, 0.25) is 0 Å². The van der Waals surface area contributed by atoms with Gasteiger partial charge in [-0.2, -0.15) is 0 Å². The number of rotatable bonds is 3. The SMILES string of the molecule is Oc1ccccc1-n1nnc(Cc2ccccc2I)c1I. The van der Waals surface area contributed by atoms with E-state index in [0.717, 1.165) is 15.8 Å². The minimum absolute atomic E-state index is 0.196. The van der Waals surface area contributed by atoms with Gasteiger partial charge in [-0.3, -0.25) is 0 Å². The second-order valence-electron chi connectivity index (χ2n) is 4.50. The first-order valence-corrected chi connectivity index (χ1v) is 8.44. The normalized spacial score (nSPS) is 10.8. The first-order chi connectivity index (χ1) is 10.2. The van der Waals surface area contributed by atoms with Crippen LogP contribution in [0.15, 0.2) is 48.5 Å². The molecule has 2 aromatic carbocycles. The molecular formula is C15H11I2N3O. The van der Waals surface area contributed by atoms with Gasteiger partial charge in [-0.05, 0) is 68.9 Å². The Morgan fingerprint density at radius 2 is 1.71 bits per heavy atom. The van der Waals surface area contributed by atoms with Crippen LogP contribution in [0, 0.1) is 7.27 Å². The lowest BCUT2D eigenvalue weighted by Gasteiger charge is -2.05. The Morgan fingerprint density at radius 3 is 2.48 bits per heavy atom. The van der Waals surface area contributed by atoms with Crippen molar-refractivity contribution in [2.24, 2.45) is 0 Å². The summed E-state index contributed by atoms with van der Waals surface area (Å²) in [5.74, 6) is 0.196. The maximum Gasteiger partial charge on any atom is 0.141 e. The lowest BCUT2D eigenvalue weighted by atomic mass is 10.1. The van der Waals surface area contributed by atoms with Gasteiger partial charge < -0.3 is 5.11 Å². The largest absolute Gasteiger partial charge is 0.506 e. The zero-order valence-electron chi connectivity index (χ0n) is 10.9. The molecule has 3 rings (SSSR count). The van der Waals surface area contributed by atoms with Gasteiger partial charge in [-0.25, -0.2) is 4.68 Å². The Kier molecular flexibility index (Phi) is 4.43. The summed E-state index contributed by atoms with van der Waals surface area (Å²) in [6, 6.07) is 15.3. The highest BCUT2D eigenvalue weighted by molar-refractivity contribution is 14.1. The monoisotopic (exact) mass is 503 g/mol. The molecule has 0 spiro atoms. The number of phenolic OH excluding ortho intramolecular Hbond substituents is 1. The molecule has 4 nitrogen and oxygen atoms in total. The van der Waals surface area contributed by atoms with Gasteiger partial charge in [0.1, 0.15) is 20.8 Å². The summed E-state index contributed by atoms with van der Waals surface area (Å²) in [7, 11) is 0. The predicted octanol–water partition coefficient (Wildman–Crippen LogP) is 3.77. The van der Waals surface area contributed by atoms with Crippen LogP contribution in [0.25, 0.3) is 5.69 Å². The van der Waals surface area contributed by atoms with Crippen molar-refractivity contribution < 1.29 is 5.11 Å².